The molecule has 4 aromatic carbocycles. The molecule has 144 valence electrons. The standard InChI is InChI=1S/C29H23N/c1-22-12-14-27(15-13-22)29(26-10-6-3-7-11-26)28(20-21-30)25-18-16-24(17-19-25)23-8-4-2-5-9-23/h2-19H,20H2,1H3/b29-28+. The highest BCUT2D eigenvalue weighted by Crippen LogP contribution is 2.35. The lowest BCUT2D eigenvalue weighted by molar-refractivity contribution is 1.35. The molecule has 4 aromatic rings. The highest BCUT2D eigenvalue weighted by molar-refractivity contribution is 5.99. The first kappa shape index (κ1) is 19.4. The van der Waals surface area contributed by atoms with Crippen molar-refractivity contribution in [3.8, 4) is 17.2 Å². The van der Waals surface area contributed by atoms with Crippen LogP contribution in [0, 0.1) is 18.3 Å². The predicted molar refractivity (Wildman–Crippen MR) is 126 cm³/mol. The van der Waals surface area contributed by atoms with Crippen molar-refractivity contribution >= 4 is 11.1 Å². The number of nitrogens with zero attached hydrogens (tertiary/aromatic N) is 1. The average Bonchev–Trinajstić information content (AvgIpc) is 2.81. The van der Waals surface area contributed by atoms with Gasteiger partial charge in [-0.2, -0.15) is 5.26 Å². The van der Waals surface area contributed by atoms with E-state index in [9.17, 15) is 5.26 Å². The van der Waals surface area contributed by atoms with Crippen molar-refractivity contribution in [2.75, 3.05) is 0 Å². The van der Waals surface area contributed by atoms with E-state index in [1.807, 2.05) is 24.3 Å². The zero-order valence-corrected chi connectivity index (χ0v) is 17.0. The minimum Gasteiger partial charge on any atom is -0.198 e. The summed E-state index contributed by atoms with van der Waals surface area (Å²) in [6, 6.07) is 40.2. The normalized spacial score (nSPS) is 11.5. The molecule has 0 saturated carbocycles. The van der Waals surface area contributed by atoms with E-state index < -0.39 is 0 Å². The van der Waals surface area contributed by atoms with Crippen LogP contribution in [0.15, 0.2) is 109 Å². The predicted octanol–water partition coefficient (Wildman–Crippen LogP) is 7.53. The summed E-state index contributed by atoms with van der Waals surface area (Å²) in [5.41, 5.74) is 9.08. The number of aryl methyl sites for hydroxylation is 1. The molecule has 0 heterocycles. The monoisotopic (exact) mass is 385 g/mol. The van der Waals surface area contributed by atoms with Crippen LogP contribution in [-0.4, -0.2) is 0 Å². The molecule has 1 nitrogen and oxygen atoms in total. The van der Waals surface area contributed by atoms with Crippen molar-refractivity contribution in [1.82, 2.24) is 0 Å². The van der Waals surface area contributed by atoms with Crippen LogP contribution in [0.5, 0.6) is 0 Å². The van der Waals surface area contributed by atoms with E-state index in [-0.39, 0.29) is 0 Å². The quantitative estimate of drug-likeness (QED) is 0.326. The minimum atomic E-state index is 0.350. The van der Waals surface area contributed by atoms with Gasteiger partial charge in [0.05, 0.1) is 12.5 Å². The number of nitriles is 1. The lowest BCUT2D eigenvalue weighted by atomic mass is 9.87. The lowest BCUT2D eigenvalue weighted by Gasteiger charge is -2.16. The zero-order valence-electron chi connectivity index (χ0n) is 17.0. The van der Waals surface area contributed by atoms with Gasteiger partial charge in [0.25, 0.3) is 0 Å². The number of allylic oxidation sites excluding steroid dienone is 1. The van der Waals surface area contributed by atoms with Crippen LogP contribution in [0.3, 0.4) is 0 Å². The zero-order chi connectivity index (χ0) is 20.8. The van der Waals surface area contributed by atoms with E-state index in [2.05, 4.69) is 97.9 Å². The third-order valence-corrected chi connectivity index (χ3v) is 5.30. The molecule has 0 spiro atoms. The summed E-state index contributed by atoms with van der Waals surface area (Å²) < 4.78 is 0. The molecule has 1 heteroatoms. The van der Waals surface area contributed by atoms with Gasteiger partial charge in [0, 0.05) is 0 Å². The van der Waals surface area contributed by atoms with Crippen LogP contribution in [0.1, 0.15) is 28.7 Å². The van der Waals surface area contributed by atoms with Crippen molar-refractivity contribution in [2.45, 2.75) is 13.3 Å². The Balaban J connectivity index is 1.88. The second-order valence-corrected chi connectivity index (χ2v) is 7.36. The first-order chi connectivity index (χ1) is 14.8. The van der Waals surface area contributed by atoms with E-state index in [1.165, 1.54) is 16.7 Å². The summed E-state index contributed by atoms with van der Waals surface area (Å²) in [5.74, 6) is 0. The molecule has 0 atom stereocenters. The fourth-order valence-corrected chi connectivity index (χ4v) is 3.75. The van der Waals surface area contributed by atoms with Gasteiger partial charge in [-0.3, -0.25) is 0 Å². The van der Waals surface area contributed by atoms with Gasteiger partial charge in [0.15, 0.2) is 0 Å². The Morgan fingerprint density at radius 3 is 1.70 bits per heavy atom. The highest BCUT2D eigenvalue weighted by Gasteiger charge is 2.14. The van der Waals surface area contributed by atoms with Gasteiger partial charge in [-0.25, -0.2) is 0 Å². The van der Waals surface area contributed by atoms with E-state index in [1.54, 1.807) is 0 Å². The molecule has 0 aliphatic rings. The Labute approximate surface area is 178 Å². The fraction of sp³-hybridized carbons (Fsp3) is 0.0690. The molecule has 4 rings (SSSR count). The largest absolute Gasteiger partial charge is 0.198 e. The van der Waals surface area contributed by atoms with Gasteiger partial charge < -0.3 is 0 Å². The molecule has 0 N–H and O–H groups in total. The van der Waals surface area contributed by atoms with Crippen molar-refractivity contribution in [1.29, 1.82) is 5.26 Å². The van der Waals surface area contributed by atoms with Crippen LogP contribution < -0.4 is 0 Å². The molecule has 0 bridgehead atoms. The Morgan fingerprint density at radius 2 is 1.10 bits per heavy atom. The maximum Gasteiger partial charge on any atom is 0.0670 e. The minimum absolute atomic E-state index is 0.350. The summed E-state index contributed by atoms with van der Waals surface area (Å²) in [6.45, 7) is 2.09. The first-order valence-electron chi connectivity index (χ1n) is 10.1. The van der Waals surface area contributed by atoms with Crippen molar-refractivity contribution in [2.24, 2.45) is 0 Å². The summed E-state index contributed by atoms with van der Waals surface area (Å²) in [7, 11) is 0. The topological polar surface area (TPSA) is 23.8 Å². The summed E-state index contributed by atoms with van der Waals surface area (Å²) >= 11 is 0. The van der Waals surface area contributed by atoms with Crippen molar-refractivity contribution < 1.29 is 0 Å². The lowest BCUT2D eigenvalue weighted by Crippen LogP contribution is -1.95. The van der Waals surface area contributed by atoms with Crippen LogP contribution in [0.2, 0.25) is 0 Å². The van der Waals surface area contributed by atoms with Crippen LogP contribution in [0.4, 0.5) is 0 Å². The molecular weight excluding hydrogens is 362 g/mol. The highest BCUT2D eigenvalue weighted by atomic mass is 14.3. The maximum absolute atomic E-state index is 9.63. The van der Waals surface area contributed by atoms with Crippen LogP contribution in [-0.2, 0) is 0 Å². The van der Waals surface area contributed by atoms with Crippen LogP contribution >= 0.6 is 0 Å². The Morgan fingerprint density at radius 1 is 0.600 bits per heavy atom. The molecule has 0 aromatic heterocycles. The number of hydrogen-bond donors (Lipinski definition) is 0. The molecular formula is C29H23N. The van der Waals surface area contributed by atoms with Gasteiger partial charge in [-0.05, 0) is 45.9 Å². The van der Waals surface area contributed by atoms with E-state index in [0.717, 1.165) is 27.8 Å². The van der Waals surface area contributed by atoms with E-state index in [0.29, 0.717) is 6.42 Å². The molecule has 0 aliphatic carbocycles. The summed E-state index contributed by atoms with van der Waals surface area (Å²) in [5, 5.41) is 9.63. The summed E-state index contributed by atoms with van der Waals surface area (Å²) in [6.07, 6.45) is 0.350. The number of hydrogen-bond acceptors (Lipinski definition) is 1. The number of benzene rings is 4. The third-order valence-electron chi connectivity index (χ3n) is 5.30. The SMILES string of the molecule is Cc1ccc(/C(=C(\CC#N)c2ccc(-c3ccccc3)cc2)c2ccccc2)cc1. The van der Waals surface area contributed by atoms with Gasteiger partial charge in [-0.1, -0.05) is 115 Å². The van der Waals surface area contributed by atoms with Crippen molar-refractivity contribution in [3.05, 3.63) is 131 Å². The second-order valence-electron chi connectivity index (χ2n) is 7.36. The van der Waals surface area contributed by atoms with Crippen LogP contribution in [0.25, 0.3) is 22.3 Å². The fourth-order valence-electron chi connectivity index (χ4n) is 3.75. The van der Waals surface area contributed by atoms with Crippen molar-refractivity contribution in [3.63, 3.8) is 0 Å². The maximum atomic E-state index is 9.63. The van der Waals surface area contributed by atoms with Gasteiger partial charge in [0.2, 0.25) is 0 Å². The molecule has 0 saturated heterocycles. The smallest absolute Gasteiger partial charge is 0.0670 e. The third kappa shape index (κ3) is 4.24. The number of rotatable bonds is 5. The molecule has 30 heavy (non-hydrogen) atoms. The first-order valence-corrected chi connectivity index (χ1v) is 10.1. The molecule has 0 unspecified atom stereocenters. The second kappa shape index (κ2) is 9.07. The molecule has 0 aliphatic heterocycles. The Hall–Kier alpha value is -3.89. The van der Waals surface area contributed by atoms with E-state index >= 15 is 0 Å². The Kier molecular flexibility index (Phi) is 5.88. The molecule has 0 radical (unpaired) electrons. The van der Waals surface area contributed by atoms with Gasteiger partial charge in [0.1, 0.15) is 0 Å². The van der Waals surface area contributed by atoms with Gasteiger partial charge >= 0.3 is 0 Å². The molecule has 0 fully saturated rings. The molecule has 0 amide bonds. The summed E-state index contributed by atoms with van der Waals surface area (Å²) in [4.78, 5) is 0. The Bertz CT molecular complexity index is 1180. The average molecular weight is 386 g/mol. The van der Waals surface area contributed by atoms with E-state index in [4.69, 9.17) is 0 Å². The van der Waals surface area contributed by atoms with Gasteiger partial charge in [-0.15, -0.1) is 0 Å².